The van der Waals surface area contributed by atoms with E-state index in [0.717, 1.165) is 5.56 Å². The van der Waals surface area contributed by atoms with Crippen molar-refractivity contribution in [2.24, 2.45) is 0 Å². The van der Waals surface area contributed by atoms with Crippen LogP contribution in [0.2, 0.25) is 0 Å². The zero-order valence-electron chi connectivity index (χ0n) is 12.9. The Morgan fingerprint density at radius 3 is 2.39 bits per heavy atom. The smallest absolute Gasteiger partial charge is 0.184 e. The third-order valence-corrected chi connectivity index (χ3v) is 4.01. The number of phenols is 1. The summed E-state index contributed by atoms with van der Waals surface area (Å²) in [4.78, 5) is 0. The molecule has 2 rings (SSSR count). The van der Waals surface area contributed by atoms with Gasteiger partial charge in [-0.1, -0.05) is 12.1 Å². The van der Waals surface area contributed by atoms with Gasteiger partial charge in [-0.15, -0.1) is 0 Å². The van der Waals surface area contributed by atoms with Crippen molar-refractivity contribution >= 4 is 0 Å². The number of ether oxygens (including phenoxy) is 2. The molecule has 1 heterocycles. The van der Waals surface area contributed by atoms with Gasteiger partial charge in [0.2, 0.25) is 0 Å². The first-order chi connectivity index (χ1) is 10.9. The number of aliphatic hydroxyl groups excluding tert-OH is 4. The summed E-state index contributed by atoms with van der Waals surface area (Å²) in [5.74, 6) is 0.205. The largest absolute Gasteiger partial charge is 0.508 e. The van der Waals surface area contributed by atoms with Gasteiger partial charge in [0.1, 0.15) is 30.2 Å². The number of phenolic OH excluding ortho intramolecular Hbond substituents is 1. The lowest BCUT2D eigenvalue weighted by molar-refractivity contribution is -0.302. The standard InChI is InChI=1S/C16H24O7/c1-9(2-3-10-4-6-11(18)7-5-10)22-15-14(20)13(19)12(8-17)23-16(15)21/h4-7,9,12-21H,2-3,8H2,1H3/t9-,12+,13+,14-,15+,16-/m0/s1. The van der Waals surface area contributed by atoms with Gasteiger partial charge in [0.25, 0.3) is 0 Å². The Labute approximate surface area is 134 Å². The summed E-state index contributed by atoms with van der Waals surface area (Å²) in [6.07, 6.45) is -5.16. The van der Waals surface area contributed by atoms with Crippen molar-refractivity contribution in [2.45, 2.75) is 56.6 Å². The topological polar surface area (TPSA) is 120 Å². The molecule has 1 fully saturated rings. The normalized spacial score (nSPS) is 32.7. The molecule has 1 aromatic rings. The molecule has 0 saturated carbocycles. The van der Waals surface area contributed by atoms with Crippen LogP contribution in [0.15, 0.2) is 24.3 Å². The highest BCUT2D eigenvalue weighted by atomic mass is 16.7. The maximum absolute atomic E-state index is 10.0. The van der Waals surface area contributed by atoms with Crippen LogP contribution in [-0.4, -0.2) is 68.9 Å². The molecule has 1 aliphatic rings. The number of aliphatic hydroxyl groups is 4. The van der Waals surface area contributed by atoms with Gasteiger partial charge in [-0.2, -0.15) is 0 Å². The Balaban J connectivity index is 1.86. The molecule has 1 saturated heterocycles. The Morgan fingerprint density at radius 1 is 1.13 bits per heavy atom. The summed E-state index contributed by atoms with van der Waals surface area (Å²) in [7, 11) is 0. The van der Waals surface area contributed by atoms with Gasteiger partial charge in [0, 0.05) is 0 Å². The van der Waals surface area contributed by atoms with E-state index in [0.29, 0.717) is 12.8 Å². The minimum Gasteiger partial charge on any atom is -0.508 e. The van der Waals surface area contributed by atoms with Gasteiger partial charge < -0.3 is 35.0 Å². The molecule has 0 amide bonds. The van der Waals surface area contributed by atoms with Crippen LogP contribution in [0.3, 0.4) is 0 Å². The molecule has 1 aromatic carbocycles. The van der Waals surface area contributed by atoms with Crippen molar-refractivity contribution in [1.29, 1.82) is 0 Å². The Morgan fingerprint density at radius 2 is 1.78 bits per heavy atom. The van der Waals surface area contributed by atoms with Crippen LogP contribution in [0, 0.1) is 0 Å². The monoisotopic (exact) mass is 328 g/mol. The van der Waals surface area contributed by atoms with E-state index in [-0.39, 0.29) is 11.9 Å². The fourth-order valence-electron chi connectivity index (χ4n) is 2.59. The van der Waals surface area contributed by atoms with Crippen LogP contribution >= 0.6 is 0 Å². The van der Waals surface area contributed by atoms with Gasteiger partial charge in [-0.3, -0.25) is 0 Å². The van der Waals surface area contributed by atoms with Crippen LogP contribution in [0.1, 0.15) is 18.9 Å². The molecule has 0 radical (unpaired) electrons. The van der Waals surface area contributed by atoms with Crippen LogP contribution < -0.4 is 0 Å². The molecule has 0 bridgehead atoms. The third kappa shape index (κ3) is 4.63. The average Bonchev–Trinajstić information content (AvgIpc) is 2.54. The third-order valence-electron chi connectivity index (χ3n) is 4.01. The Kier molecular flexibility index (Phi) is 6.34. The first-order valence-corrected chi connectivity index (χ1v) is 7.66. The Hall–Kier alpha value is -1.22. The molecule has 0 spiro atoms. The first kappa shape index (κ1) is 18.1. The highest BCUT2D eigenvalue weighted by molar-refractivity contribution is 5.25. The lowest BCUT2D eigenvalue weighted by atomic mass is 9.99. The molecule has 1 aliphatic heterocycles. The molecule has 7 nitrogen and oxygen atoms in total. The predicted molar refractivity (Wildman–Crippen MR) is 80.7 cm³/mol. The van der Waals surface area contributed by atoms with Crippen LogP contribution in [0.4, 0.5) is 0 Å². The minimum absolute atomic E-state index is 0.205. The van der Waals surface area contributed by atoms with Crippen molar-refractivity contribution in [2.75, 3.05) is 6.61 Å². The maximum Gasteiger partial charge on any atom is 0.184 e. The summed E-state index contributed by atoms with van der Waals surface area (Å²) in [5.41, 5.74) is 1.03. The first-order valence-electron chi connectivity index (χ1n) is 7.66. The van der Waals surface area contributed by atoms with Crippen LogP contribution in [0.25, 0.3) is 0 Å². The highest BCUT2D eigenvalue weighted by Gasteiger charge is 2.44. The SMILES string of the molecule is C[C@@H](CCc1ccc(O)cc1)O[C@@H]1[C@@H](O)[C@H](O)[C@@H](CO)O[C@@H]1O. The van der Waals surface area contributed by atoms with E-state index in [4.69, 9.17) is 14.6 Å². The fourth-order valence-corrected chi connectivity index (χ4v) is 2.59. The van der Waals surface area contributed by atoms with Crippen LogP contribution in [0.5, 0.6) is 5.75 Å². The lowest BCUT2D eigenvalue weighted by Gasteiger charge is -2.40. The van der Waals surface area contributed by atoms with Gasteiger partial charge in [0.15, 0.2) is 6.29 Å². The lowest BCUT2D eigenvalue weighted by Crippen LogP contribution is -2.59. The second kappa shape index (κ2) is 8.05. The summed E-state index contributed by atoms with van der Waals surface area (Å²) in [5, 5.41) is 48.0. The Bertz CT molecular complexity index is 478. The minimum atomic E-state index is -1.42. The summed E-state index contributed by atoms with van der Waals surface area (Å²) >= 11 is 0. The van der Waals surface area contributed by atoms with Gasteiger partial charge in [-0.25, -0.2) is 0 Å². The van der Waals surface area contributed by atoms with E-state index >= 15 is 0 Å². The van der Waals surface area contributed by atoms with E-state index in [2.05, 4.69) is 0 Å². The van der Waals surface area contributed by atoms with Crippen molar-refractivity contribution in [3.63, 3.8) is 0 Å². The van der Waals surface area contributed by atoms with Gasteiger partial charge in [0.05, 0.1) is 12.7 Å². The quantitative estimate of drug-likeness (QED) is 0.479. The van der Waals surface area contributed by atoms with Gasteiger partial charge >= 0.3 is 0 Å². The van der Waals surface area contributed by atoms with Crippen molar-refractivity contribution in [3.05, 3.63) is 29.8 Å². The maximum atomic E-state index is 10.0. The summed E-state index contributed by atoms with van der Waals surface area (Å²) < 4.78 is 10.7. The fraction of sp³-hybridized carbons (Fsp3) is 0.625. The molecule has 23 heavy (non-hydrogen) atoms. The second-order valence-corrected chi connectivity index (χ2v) is 5.85. The summed E-state index contributed by atoms with van der Waals surface area (Å²) in [6, 6.07) is 6.83. The molecule has 0 unspecified atom stereocenters. The predicted octanol–water partition coefficient (Wildman–Crippen LogP) is -0.470. The zero-order chi connectivity index (χ0) is 17.0. The van der Waals surface area contributed by atoms with E-state index < -0.39 is 37.3 Å². The number of benzene rings is 1. The zero-order valence-corrected chi connectivity index (χ0v) is 12.9. The molecule has 0 aromatic heterocycles. The van der Waals surface area contributed by atoms with E-state index in [9.17, 15) is 20.4 Å². The number of hydrogen-bond donors (Lipinski definition) is 5. The number of aromatic hydroxyl groups is 1. The van der Waals surface area contributed by atoms with Crippen LogP contribution in [-0.2, 0) is 15.9 Å². The molecular weight excluding hydrogens is 304 g/mol. The molecule has 130 valence electrons. The molecule has 6 atom stereocenters. The molecule has 0 aliphatic carbocycles. The van der Waals surface area contributed by atoms with Crippen molar-refractivity contribution < 1.29 is 35.0 Å². The van der Waals surface area contributed by atoms with E-state index in [1.54, 1.807) is 19.1 Å². The highest BCUT2D eigenvalue weighted by Crippen LogP contribution is 2.24. The van der Waals surface area contributed by atoms with E-state index in [1.165, 1.54) is 0 Å². The number of hydrogen-bond acceptors (Lipinski definition) is 7. The van der Waals surface area contributed by atoms with Crippen molar-refractivity contribution in [1.82, 2.24) is 0 Å². The van der Waals surface area contributed by atoms with Crippen molar-refractivity contribution in [3.8, 4) is 5.75 Å². The second-order valence-electron chi connectivity index (χ2n) is 5.85. The summed E-state index contributed by atoms with van der Waals surface area (Å²) in [6.45, 7) is 1.29. The van der Waals surface area contributed by atoms with Gasteiger partial charge in [-0.05, 0) is 37.5 Å². The molecule has 7 heteroatoms. The average molecular weight is 328 g/mol. The van der Waals surface area contributed by atoms with E-state index in [1.807, 2.05) is 12.1 Å². The molecular formula is C16H24O7. The number of aryl methyl sites for hydroxylation is 1. The molecule has 5 N–H and O–H groups in total. The number of rotatable bonds is 6.